The van der Waals surface area contributed by atoms with Crippen LogP contribution in [0.1, 0.15) is 30.1 Å². The van der Waals surface area contributed by atoms with Crippen LogP contribution >= 0.6 is 0 Å². The second-order valence-electron chi connectivity index (χ2n) is 4.10. The summed E-state index contributed by atoms with van der Waals surface area (Å²) < 4.78 is 15.7. The first-order valence-electron chi connectivity index (χ1n) is 6.50. The molecule has 0 saturated carbocycles. The van der Waals surface area contributed by atoms with Gasteiger partial charge in [0.2, 0.25) is 11.7 Å². The number of methoxy groups -OCH3 is 1. The molecular weight excluding hydrogens is 258 g/mol. The van der Waals surface area contributed by atoms with E-state index in [1.165, 1.54) is 0 Å². The molecule has 0 N–H and O–H groups in total. The molecule has 0 aliphatic rings. The molecule has 0 amide bonds. The number of ether oxygens (including phenoxy) is 2. The highest BCUT2D eigenvalue weighted by Crippen LogP contribution is 2.26. The molecule has 20 heavy (non-hydrogen) atoms. The van der Waals surface area contributed by atoms with Gasteiger partial charge in [0.15, 0.2) is 0 Å². The Kier molecular flexibility index (Phi) is 4.40. The molecule has 1 heterocycles. The maximum Gasteiger partial charge on any atom is 0.376 e. The molecule has 5 heteroatoms. The summed E-state index contributed by atoms with van der Waals surface area (Å²) >= 11 is 0. The summed E-state index contributed by atoms with van der Waals surface area (Å²) in [5.74, 6) is 0.790. The maximum absolute atomic E-state index is 11.8. The van der Waals surface area contributed by atoms with Crippen molar-refractivity contribution in [2.24, 2.45) is 0 Å². The molecule has 0 spiro atoms. The smallest absolute Gasteiger partial charge is 0.376 e. The molecule has 0 saturated heterocycles. The third kappa shape index (κ3) is 2.82. The summed E-state index contributed by atoms with van der Waals surface area (Å²) in [6.07, 6.45) is 0.599. The first-order chi connectivity index (χ1) is 9.69. The van der Waals surface area contributed by atoms with Gasteiger partial charge in [0.05, 0.1) is 19.4 Å². The fraction of sp³-hybridized carbons (Fsp3) is 0.333. The van der Waals surface area contributed by atoms with Crippen LogP contribution in [-0.2, 0) is 11.2 Å². The normalized spacial score (nSPS) is 10.3. The van der Waals surface area contributed by atoms with Crippen molar-refractivity contribution >= 4 is 5.97 Å². The van der Waals surface area contributed by atoms with E-state index in [2.05, 4.69) is 4.98 Å². The Morgan fingerprint density at radius 1 is 1.35 bits per heavy atom. The van der Waals surface area contributed by atoms with E-state index in [9.17, 15) is 4.79 Å². The molecule has 1 aromatic heterocycles. The van der Waals surface area contributed by atoms with Crippen molar-refractivity contribution in [3.05, 3.63) is 35.7 Å². The highest BCUT2D eigenvalue weighted by molar-refractivity contribution is 5.88. The second kappa shape index (κ2) is 6.23. The average molecular weight is 275 g/mol. The van der Waals surface area contributed by atoms with Crippen LogP contribution in [0.25, 0.3) is 11.5 Å². The predicted octanol–water partition coefficient (Wildman–Crippen LogP) is 3.09. The number of nitrogens with zero attached hydrogens (tertiary/aromatic N) is 1. The van der Waals surface area contributed by atoms with Crippen LogP contribution in [0.4, 0.5) is 0 Å². The molecule has 0 unspecified atom stereocenters. The summed E-state index contributed by atoms with van der Waals surface area (Å²) in [4.78, 5) is 16.2. The highest BCUT2D eigenvalue weighted by atomic mass is 16.5. The zero-order valence-corrected chi connectivity index (χ0v) is 11.8. The Balaban J connectivity index is 2.40. The number of esters is 1. The van der Waals surface area contributed by atoms with Gasteiger partial charge in [-0.2, -0.15) is 0 Å². The van der Waals surface area contributed by atoms with Crippen LogP contribution in [0.5, 0.6) is 5.75 Å². The number of rotatable bonds is 5. The molecule has 0 bridgehead atoms. The molecule has 2 rings (SSSR count). The van der Waals surface area contributed by atoms with Crippen molar-refractivity contribution in [3.63, 3.8) is 0 Å². The van der Waals surface area contributed by atoms with Crippen molar-refractivity contribution in [1.82, 2.24) is 4.98 Å². The Morgan fingerprint density at radius 2 is 2.15 bits per heavy atom. The molecule has 106 valence electrons. The summed E-state index contributed by atoms with van der Waals surface area (Å²) in [6, 6.07) is 7.33. The molecule has 0 atom stereocenters. The van der Waals surface area contributed by atoms with Crippen LogP contribution in [-0.4, -0.2) is 24.7 Å². The van der Waals surface area contributed by atoms with Crippen molar-refractivity contribution in [2.75, 3.05) is 13.7 Å². The van der Waals surface area contributed by atoms with Gasteiger partial charge in [-0.05, 0) is 31.5 Å². The van der Waals surface area contributed by atoms with Gasteiger partial charge < -0.3 is 13.9 Å². The highest BCUT2D eigenvalue weighted by Gasteiger charge is 2.21. The minimum Gasteiger partial charge on any atom is -0.497 e. The first-order valence-corrected chi connectivity index (χ1v) is 6.50. The average Bonchev–Trinajstić information content (AvgIpc) is 2.92. The van der Waals surface area contributed by atoms with E-state index < -0.39 is 5.97 Å². The van der Waals surface area contributed by atoms with E-state index in [0.717, 1.165) is 5.56 Å². The lowest BCUT2D eigenvalue weighted by Gasteiger charge is -2.00. The quantitative estimate of drug-likeness (QED) is 0.785. The molecule has 0 radical (unpaired) electrons. The molecule has 0 aliphatic heterocycles. The zero-order valence-electron chi connectivity index (χ0n) is 11.8. The third-order valence-corrected chi connectivity index (χ3v) is 2.81. The number of carbonyl (C=O) groups excluding carboxylic acids is 1. The van der Waals surface area contributed by atoms with E-state index >= 15 is 0 Å². The molecule has 2 aromatic rings. The summed E-state index contributed by atoms with van der Waals surface area (Å²) in [7, 11) is 1.59. The number of carbonyl (C=O) groups is 1. The van der Waals surface area contributed by atoms with E-state index in [4.69, 9.17) is 13.9 Å². The van der Waals surface area contributed by atoms with Crippen LogP contribution in [0.15, 0.2) is 28.7 Å². The standard InChI is InChI=1S/C15H17NO4/c1-4-12-13(15(17)19-5-2)20-14(16-12)10-7-6-8-11(9-10)18-3/h6-9H,4-5H2,1-3H3. The molecule has 0 fully saturated rings. The van der Waals surface area contributed by atoms with Crippen LogP contribution in [0.3, 0.4) is 0 Å². The SMILES string of the molecule is CCOC(=O)c1oc(-c2cccc(OC)c2)nc1CC. The zero-order chi connectivity index (χ0) is 14.5. The number of oxazole rings is 1. The largest absolute Gasteiger partial charge is 0.497 e. The summed E-state index contributed by atoms with van der Waals surface area (Å²) in [6.45, 7) is 3.97. The minimum atomic E-state index is -0.481. The van der Waals surface area contributed by atoms with Gasteiger partial charge in [-0.3, -0.25) is 0 Å². The third-order valence-electron chi connectivity index (χ3n) is 2.81. The number of aromatic nitrogens is 1. The Morgan fingerprint density at radius 3 is 2.80 bits per heavy atom. The van der Waals surface area contributed by atoms with Gasteiger partial charge >= 0.3 is 5.97 Å². The van der Waals surface area contributed by atoms with Gasteiger partial charge in [-0.25, -0.2) is 9.78 Å². The Hall–Kier alpha value is -2.30. The maximum atomic E-state index is 11.8. The predicted molar refractivity (Wildman–Crippen MR) is 73.8 cm³/mol. The summed E-state index contributed by atoms with van der Waals surface area (Å²) in [5, 5.41) is 0. The van der Waals surface area contributed by atoms with Crippen molar-refractivity contribution in [2.45, 2.75) is 20.3 Å². The van der Waals surface area contributed by atoms with Crippen molar-refractivity contribution in [3.8, 4) is 17.2 Å². The van der Waals surface area contributed by atoms with E-state index in [1.807, 2.05) is 25.1 Å². The van der Waals surface area contributed by atoms with E-state index in [-0.39, 0.29) is 5.76 Å². The lowest BCUT2D eigenvalue weighted by atomic mass is 10.2. The van der Waals surface area contributed by atoms with Gasteiger partial charge in [0.1, 0.15) is 5.75 Å². The lowest BCUT2D eigenvalue weighted by Crippen LogP contribution is -2.05. The van der Waals surface area contributed by atoms with Crippen LogP contribution in [0.2, 0.25) is 0 Å². The monoisotopic (exact) mass is 275 g/mol. The number of hydrogen-bond acceptors (Lipinski definition) is 5. The van der Waals surface area contributed by atoms with Crippen molar-refractivity contribution in [1.29, 1.82) is 0 Å². The number of benzene rings is 1. The number of hydrogen-bond donors (Lipinski definition) is 0. The van der Waals surface area contributed by atoms with E-state index in [1.54, 1.807) is 20.1 Å². The van der Waals surface area contributed by atoms with Crippen LogP contribution < -0.4 is 4.74 Å². The molecule has 1 aromatic carbocycles. The van der Waals surface area contributed by atoms with Crippen LogP contribution in [0, 0.1) is 0 Å². The topological polar surface area (TPSA) is 61.6 Å². The van der Waals surface area contributed by atoms with Gasteiger partial charge in [-0.1, -0.05) is 13.0 Å². The molecule has 0 aliphatic carbocycles. The molecule has 5 nitrogen and oxygen atoms in total. The number of aryl methyl sites for hydroxylation is 1. The fourth-order valence-electron chi connectivity index (χ4n) is 1.83. The minimum absolute atomic E-state index is 0.173. The lowest BCUT2D eigenvalue weighted by molar-refractivity contribution is 0.0489. The Bertz CT molecular complexity index is 604. The molecular formula is C15H17NO4. The Labute approximate surface area is 117 Å². The fourth-order valence-corrected chi connectivity index (χ4v) is 1.83. The van der Waals surface area contributed by atoms with Crippen molar-refractivity contribution < 1.29 is 18.7 Å². The van der Waals surface area contributed by atoms with E-state index in [0.29, 0.717) is 30.4 Å². The summed E-state index contributed by atoms with van der Waals surface area (Å²) in [5.41, 5.74) is 1.36. The van der Waals surface area contributed by atoms with Gasteiger partial charge in [0, 0.05) is 5.56 Å². The second-order valence-corrected chi connectivity index (χ2v) is 4.10. The van der Waals surface area contributed by atoms with Gasteiger partial charge in [-0.15, -0.1) is 0 Å². The first kappa shape index (κ1) is 14.1. The van der Waals surface area contributed by atoms with Gasteiger partial charge in [0.25, 0.3) is 0 Å².